The topological polar surface area (TPSA) is 61.7 Å². The van der Waals surface area contributed by atoms with Crippen molar-refractivity contribution in [2.45, 2.75) is 0 Å². The van der Waals surface area contributed by atoms with Crippen LogP contribution in [0.15, 0.2) is 42.7 Å². The molecule has 0 aliphatic rings. The Morgan fingerprint density at radius 2 is 2.23 bits per heavy atom. The Morgan fingerprint density at radius 3 is 2.91 bits per heavy atom. The van der Waals surface area contributed by atoms with E-state index in [0.717, 1.165) is 27.8 Å². The molecule has 0 saturated heterocycles. The number of halogens is 1. The number of hydrogen-bond donors (Lipinski definition) is 1. The van der Waals surface area contributed by atoms with Gasteiger partial charge in [0.05, 0.1) is 18.8 Å². The minimum Gasteiger partial charge on any atom is -0.497 e. The smallest absolute Gasteiger partial charge is 0.129 e. The van der Waals surface area contributed by atoms with E-state index in [9.17, 15) is 5.26 Å². The third-order valence-corrected chi connectivity index (χ3v) is 3.58. The van der Waals surface area contributed by atoms with Crippen molar-refractivity contribution in [2.75, 3.05) is 7.11 Å². The van der Waals surface area contributed by atoms with Crippen LogP contribution in [0, 0.1) is 11.3 Å². The van der Waals surface area contributed by atoms with Gasteiger partial charge in [-0.15, -0.1) is 0 Å². The number of benzene rings is 1. The second kappa shape index (κ2) is 5.92. The van der Waals surface area contributed by atoms with Crippen molar-refractivity contribution in [3.63, 3.8) is 0 Å². The highest BCUT2D eigenvalue weighted by molar-refractivity contribution is 6.29. The zero-order valence-electron chi connectivity index (χ0n) is 11.8. The molecule has 0 bridgehead atoms. The molecule has 2 aromatic heterocycles. The van der Waals surface area contributed by atoms with Crippen LogP contribution >= 0.6 is 11.6 Å². The van der Waals surface area contributed by atoms with Crippen molar-refractivity contribution in [3.8, 4) is 11.8 Å². The minimum absolute atomic E-state index is 0.424. The summed E-state index contributed by atoms with van der Waals surface area (Å²) in [5, 5.41) is 10.9. The summed E-state index contributed by atoms with van der Waals surface area (Å²) < 4.78 is 5.25. The molecule has 1 N–H and O–H groups in total. The fourth-order valence-corrected chi connectivity index (χ4v) is 2.37. The Balaban J connectivity index is 2.11. The van der Waals surface area contributed by atoms with E-state index in [0.29, 0.717) is 10.7 Å². The summed E-state index contributed by atoms with van der Waals surface area (Å²) in [6.45, 7) is 0. The Kier molecular flexibility index (Phi) is 3.82. The van der Waals surface area contributed by atoms with Crippen molar-refractivity contribution < 1.29 is 4.74 Å². The minimum atomic E-state index is 0.424. The lowest BCUT2D eigenvalue weighted by Crippen LogP contribution is -1.84. The Bertz CT molecular complexity index is 888. The fourth-order valence-electron chi connectivity index (χ4n) is 2.26. The number of aromatic nitrogens is 2. The van der Waals surface area contributed by atoms with E-state index in [1.54, 1.807) is 25.4 Å². The average molecular weight is 310 g/mol. The van der Waals surface area contributed by atoms with Crippen LogP contribution in [0.25, 0.3) is 22.6 Å². The molecule has 5 heteroatoms. The van der Waals surface area contributed by atoms with Crippen LogP contribution in [-0.2, 0) is 0 Å². The summed E-state index contributed by atoms with van der Waals surface area (Å²) in [7, 11) is 1.62. The zero-order chi connectivity index (χ0) is 15.5. The van der Waals surface area contributed by atoms with Crippen LogP contribution < -0.4 is 4.74 Å². The normalized spacial score (nSPS) is 11.4. The van der Waals surface area contributed by atoms with Gasteiger partial charge in [0.15, 0.2) is 0 Å². The second-order valence-corrected chi connectivity index (χ2v) is 5.09. The van der Waals surface area contributed by atoms with Gasteiger partial charge in [0.2, 0.25) is 0 Å². The molecule has 0 unspecified atom stereocenters. The number of rotatable bonds is 3. The molecule has 0 fully saturated rings. The summed E-state index contributed by atoms with van der Waals surface area (Å²) in [6.07, 6.45) is 5.24. The lowest BCUT2D eigenvalue weighted by molar-refractivity contribution is 0.415. The first kappa shape index (κ1) is 14.2. The maximum Gasteiger partial charge on any atom is 0.129 e. The molecule has 1 aromatic carbocycles. The van der Waals surface area contributed by atoms with Crippen molar-refractivity contribution in [2.24, 2.45) is 0 Å². The van der Waals surface area contributed by atoms with E-state index in [1.165, 1.54) is 0 Å². The van der Waals surface area contributed by atoms with Gasteiger partial charge in [0.1, 0.15) is 10.9 Å². The molecule has 0 atom stereocenters. The summed E-state index contributed by atoms with van der Waals surface area (Å²) in [5.74, 6) is 0.749. The van der Waals surface area contributed by atoms with Crippen LogP contribution in [0.2, 0.25) is 5.15 Å². The summed E-state index contributed by atoms with van der Waals surface area (Å²) in [4.78, 5) is 7.19. The highest BCUT2D eigenvalue weighted by Crippen LogP contribution is 2.29. The molecule has 2 heterocycles. The van der Waals surface area contributed by atoms with Gasteiger partial charge >= 0.3 is 0 Å². The maximum atomic E-state index is 9.49. The number of ether oxygens (including phenoxy) is 1. The van der Waals surface area contributed by atoms with Crippen molar-refractivity contribution in [1.82, 2.24) is 9.97 Å². The van der Waals surface area contributed by atoms with Crippen molar-refractivity contribution in [1.29, 1.82) is 5.26 Å². The maximum absolute atomic E-state index is 9.49. The summed E-state index contributed by atoms with van der Waals surface area (Å²) in [5.41, 5.74) is 3.14. The lowest BCUT2D eigenvalue weighted by Gasteiger charge is -2.01. The van der Waals surface area contributed by atoms with Gasteiger partial charge in [-0.1, -0.05) is 17.7 Å². The molecule has 3 aromatic rings. The predicted molar refractivity (Wildman–Crippen MR) is 87.6 cm³/mol. The van der Waals surface area contributed by atoms with Crippen LogP contribution in [-0.4, -0.2) is 17.1 Å². The molecule has 3 rings (SSSR count). The quantitative estimate of drug-likeness (QED) is 0.580. The van der Waals surface area contributed by atoms with Gasteiger partial charge in [0, 0.05) is 28.9 Å². The third kappa shape index (κ3) is 2.67. The SMILES string of the molecule is COc1ccc2[nH]cc(C(C#N)=Cc3ccc(Cl)nc3)c2c1. The first-order valence-corrected chi connectivity index (χ1v) is 6.98. The predicted octanol–water partition coefficient (Wildman–Crippen LogP) is 4.29. The molecular weight excluding hydrogens is 298 g/mol. The third-order valence-electron chi connectivity index (χ3n) is 3.36. The molecule has 0 amide bonds. The number of nitrogens with one attached hydrogen (secondary N) is 1. The number of fused-ring (bicyclic) bond motifs is 1. The second-order valence-electron chi connectivity index (χ2n) is 4.70. The van der Waals surface area contributed by atoms with Gasteiger partial charge in [-0.2, -0.15) is 5.26 Å². The number of nitriles is 1. The zero-order valence-corrected chi connectivity index (χ0v) is 12.6. The first-order valence-electron chi connectivity index (χ1n) is 6.60. The van der Waals surface area contributed by atoms with Gasteiger partial charge in [-0.3, -0.25) is 0 Å². The van der Waals surface area contributed by atoms with Crippen LogP contribution in [0.1, 0.15) is 11.1 Å². The molecule has 4 nitrogen and oxygen atoms in total. The van der Waals surface area contributed by atoms with Gasteiger partial charge in [-0.05, 0) is 35.9 Å². The molecule has 0 spiro atoms. The van der Waals surface area contributed by atoms with E-state index in [-0.39, 0.29) is 0 Å². The number of nitrogens with zero attached hydrogens (tertiary/aromatic N) is 2. The van der Waals surface area contributed by atoms with Gasteiger partial charge in [0.25, 0.3) is 0 Å². The van der Waals surface area contributed by atoms with Gasteiger partial charge in [-0.25, -0.2) is 4.98 Å². The lowest BCUT2D eigenvalue weighted by atomic mass is 10.0. The summed E-state index contributed by atoms with van der Waals surface area (Å²) in [6, 6.07) is 11.5. The summed E-state index contributed by atoms with van der Waals surface area (Å²) >= 11 is 5.78. The van der Waals surface area contributed by atoms with Crippen molar-refractivity contribution >= 4 is 34.2 Å². The number of allylic oxidation sites excluding steroid dienone is 1. The van der Waals surface area contributed by atoms with E-state index >= 15 is 0 Å². The highest BCUT2D eigenvalue weighted by Gasteiger charge is 2.09. The highest BCUT2D eigenvalue weighted by atomic mass is 35.5. The first-order chi connectivity index (χ1) is 10.7. The molecule has 0 aliphatic carbocycles. The fraction of sp³-hybridized carbons (Fsp3) is 0.0588. The van der Waals surface area contributed by atoms with Crippen LogP contribution in [0.5, 0.6) is 5.75 Å². The molecule has 0 radical (unpaired) electrons. The molecule has 0 saturated carbocycles. The largest absolute Gasteiger partial charge is 0.497 e. The Hall–Kier alpha value is -2.77. The van der Waals surface area contributed by atoms with E-state index < -0.39 is 0 Å². The monoisotopic (exact) mass is 309 g/mol. The number of aromatic amines is 1. The molecule has 22 heavy (non-hydrogen) atoms. The Labute approximate surface area is 132 Å². The van der Waals surface area contributed by atoms with Crippen LogP contribution in [0.4, 0.5) is 0 Å². The van der Waals surface area contributed by atoms with E-state index in [4.69, 9.17) is 16.3 Å². The standard InChI is InChI=1S/C17H12ClN3O/c1-22-13-3-4-16-14(7-13)15(10-20-16)12(8-19)6-11-2-5-17(18)21-9-11/h2-7,9-10,20H,1H3. The molecule has 0 aliphatic heterocycles. The molecule has 108 valence electrons. The van der Waals surface area contributed by atoms with E-state index in [1.807, 2.05) is 30.5 Å². The number of H-pyrrole nitrogens is 1. The Morgan fingerprint density at radius 1 is 1.36 bits per heavy atom. The number of methoxy groups -OCH3 is 1. The van der Waals surface area contributed by atoms with Crippen LogP contribution in [0.3, 0.4) is 0 Å². The number of pyridine rings is 1. The average Bonchev–Trinajstić information content (AvgIpc) is 2.97. The molecular formula is C17H12ClN3O. The van der Waals surface area contributed by atoms with Gasteiger partial charge < -0.3 is 9.72 Å². The van der Waals surface area contributed by atoms with Crippen molar-refractivity contribution in [3.05, 3.63) is 59.0 Å². The number of hydrogen-bond acceptors (Lipinski definition) is 3. The van der Waals surface area contributed by atoms with E-state index in [2.05, 4.69) is 16.0 Å².